The number of rotatable bonds is 3. The number of nitrogens with one attached hydrogen (secondary N) is 1. The molecule has 0 aliphatic carbocycles. The van der Waals surface area contributed by atoms with Gasteiger partial charge in [0.2, 0.25) is 5.95 Å². The number of fused-ring (bicyclic) bond motifs is 1. The zero-order valence-corrected chi connectivity index (χ0v) is 11.3. The van der Waals surface area contributed by atoms with Crippen LogP contribution in [0.3, 0.4) is 0 Å². The first-order chi connectivity index (χ1) is 9.74. The zero-order chi connectivity index (χ0) is 13.9. The number of hydrogen-bond acceptors (Lipinski definition) is 5. The second-order valence-corrected chi connectivity index (χ2v) is 4.60. The lowest BCUT2D eigenvalue weighted by atomic mass is 10.1. The molecule has 0 aliphatic heterocycles. The minimum atomic E-state index is 0.245. The second-order valence-electron chi connectivity index (χ2n) is 4.16. The van der Waals surface area contributed by atoms with Crippen molar-refractivity contribution in [3.8, 4) is 0 Å². The molecule has 5 nitrogen and oxygen atoms in total. The lowest BCUT2D eigenvalue weighted by molar-refractivity contribution is 1.15. The predicted molar refractivity (Wildman–Crippen MR) is 82.9 cm³/mol. The minimum absolute atomic E-state index is 0.245. The van der Waals surface area contributed by atoms with E-state index in [-0.39, 0.29) is 4.99 Å². The van der Waals surface area contributed by atoms with E-state index in [1.807, 2.05) is 24.3 Å². The quantitative estimate of drug-likeness (QED) is 0.718. The van der Waals surface area contributed by atoms with Gasteiger partial charge in [-0.05, 0) is 23.6 Å². The number of hydrogen-bond donors (Lipinski definition) is 2. The van der Waals surface area contributed by atoms with Gasteiger partial charge in [-0.15, -0.1) is 0 Å². The van der Waals surface area contributed by atoms with Crippen LogP contribution in [-0.4, -0.2) is 19.9 Å². The van der Waals surface area contributed by atoms with Crippen LogP contribution in [0.2, 0.25) is 0 Å². The molecule has 3 aromatic rings. The van der Waals surface area contributed by atoms with Gasteiger partial charge < -0.3 is 11.1 Å². The van der Waals surface area contributed by atoms with Crippen LogP contribution in [0.25, 0.3) is 10.8 Å². The molecule has 2 aromatic heterocycles. The molecule has 20 heavy (non-hydrogen) atoms. The summed E-state index contributed by atoms with van der Waals surface area (Å²) in [6.45, 7) is 0. The van der Waals surface area contributed by atoms with Crippen LogP contribution < -0.4 is 11.1 Å². The van der Waals surface area contributed by atoms with Gasteiger partial charge in [-0.3, -0.25) is 4.98 Å². The van der Waals surface area contributed by atoms with Gasteiger partial charge in [0.15, 0.2) is 0 Å². The number of nitrogens with two attached hydrogens (primary N) is 1. The summed E-state index contributed by atoms with van der Waals surface area (Å²) in [7, 11) is 0. The van der Waals surface area contributed by atoms with Gasteiger partial charge >= 0.3 is 0 Å². The highest BCUT2D eigenvalue weighted by atomic mass is 32.1. The predicted octanol–water partition coefficient (Wildman–Crippen LogP) is 2.40. The van der Waals surface area contributed by atoms with E-state index in [1.54, 1.807) is 24.7 Å². The Balaban J connectivity index is 2.01. The topological polar surface area (TPSA) is 76.7 Å². The third-order valence-electron chi connectivity index (χ3n) is 2.84. The molecule has 2 heterocycles. The Labute approximate surface area is 120 Å². The first-order valence-electron chi connectivity index (χ1n) is 5.96. The van der Waals surface area contributed by atoms with Crippen molar-refractivity contribution in [3.05, 3.63) is 54.6 Å². The SMILES string of the molecule is NC(=S)c1ccnc(Nc2cccc3ccncc23)n1. The molecular formula is C14H11N5S. The lowest BCUT2D eigenvalue weighted by Gasteiger charge is -2.08. The second kappa shape index (κ2) is 5.18. The van der Waals surface area contributed by atoms with Crippen molar-refractivity contribution in [1.29, 1.82) is 0 Å². The van der Waals surface area contributed by atoms with Crippen molar-refractivity contribution in [3.63, 3.8) is 0 Å². The van der Waals surface area contributed by atoms with Crippen molar-refractivity contribution in [2.24, 2.45) is 5.73 Å². The van der Waals surface area contributed by atoms with Crippen molar-refractivity contribution >= 4 is 39.6 Å². The van der Waals surface area contributed by atoms with Crippen LogP contribution in [0.5, 0.6) is 0 Å². The van der Waals surface area contributed by atoms with Gasteiger partial charge in [-0.2, -0.15) is 0 Å². The van der Waals surface area contributed by atoms with E-state index in [4.69, 9.17) is 18.0 Å². The normalized spacial score (nSPS) is 10.4. The lowest BCUT2D eigenvalue weighted by Crippen LogP contribution is -2.12. The first-order valence-corrected chi connectivity index (χ1v) is 6.37. The maximum Gasteiger partial charge on any atom is 0.227 e. The standard InChI is InChI=1S/C14H11N5S/c15-13(20)12-5-7-17-14(19-12)18-11-3-1-2-9-4-6-16-8-10(9)11/h1-8H,(H2,15,20)(H,17,18,19). The Bertz CT molecular complexity index is 782. The molecular weight excluding hydrogens is 270 g/mol. The van der Waals surface area contributed by atoms with Gasteiger partial charge in [0.1, 0.15) is 10.7 Å². The summed E-state index contributed by atoms with van der Waals surface area (Å²) in [5.41, 5.74) is 6.99. The molecule has 0 aliphatic rings. The summed E-state index contributed by atoms with van der Waals surface area (Å²) in [5.74, 6) is 0.451. The molecule has 0 saturated heterocycles. The Morgan fingerprint density at radius 2 is 2.05 bits per heavy atom. The number of nitrogens with zero attached hydrogens (tertiary/aromatic N) is 3. The summed E-state index contributed by atoms with van der Waals surface area (Å²) < 4.78 is 0. The summed E-state index contributed by atoms with van der Waals surface area (Å²) in [5, 5.41) is 5.26. The van der Waals surface area contributed by atoms with E-state index < -0.39 is 0 Å². The van der Waals surface area contributed by atoms with Gasteiger partial charge in [0, 0.05) is 24.0 Å². The zero-order valence-electron chi connectivity index (χ0n) is 10.4. The fraction of sp³-hybridized carbons (Fsp3) is 0. The van der Waals surface area contributed by atoms with Crippen LogP contribution >= 0.6 is 12.2 Å². The number of thiocarbonyl (C=S) groups is 1. The highest BCUT2D eigenvalue weighted by Crippen LogP contribution is 2.24. The number of aromatic nitrogens is 3. The number of pyridine rings is 1. The molecule has 0 radical (unpaired) electrons. The number of anilines is 2. The maximum atomic E-state index is 5.57. The van der Waals surface area contributed by atoms with Crippen molar-refractivity contribution in [2.45, 2.75) is 0 Å². The molecule has 98 valence electrons. The van der Waals surface area contributed by atoms with E-state index in [2.05, 4.69) is 20.3 Å². The van der Waals surface area contributed by atoms with Crippen molar-refractivity contribution < 1.29 is 0 Å². The van der Waals surface area contributed by atoms with E-state index >= 15 is 0 Å². The molecule has 0 fully saturated rings. The van der Waals surface area contributed by atoms with E-state index in [1.165, 1.54) is 0 Å². The molecule has 0 bridgehead atoms. The highest BCUT2D eigenvalue weighted by molar-refractivity contribution is 7.80. The van der Waals surface area contributed by atoms with Crippen LogP contribution in [-0.2, 0) is 0 Å². The monoisotopic (exact) mass is 281 g/mol. The maximum absolute atomic E-state index is 5.57. The fourth-order valence-corrected chi connectivity index (χ4v) is 2.01. The molecule has 0 amide bonds. The Kier molecular flexibility index (Phi) is 3.22. The molecule has 0 atom stereocenters. The smallest absolute Gasteiger partial charge is 0.227 e. The minimum Gasteiger partial charge on any atom is -0.388 e. The first kappa shape index (κ1) is 12.4. The summed E-state index contributed by atoms with van der Waals surface area (Å²) in [4.78, 5) is 12.8. The average Bonchev–Trinajstić information content (AvgIpc) is 2.48. The third kappa shape index (κ3) is 2.41. The Morgan fingerprint density at radius 1 is 1.15 bits per heavy atom. The third-order valence-corrected chi connectivity index (χ3v) is 3.05. The molecule has 3 rings (SSSR count). The molecule has 3 N–H and O–H groups in total. The van der Waals surface area contributed by atoms with Crippen LogP contribution in [0, 0.1) is 0 Å². The van der Waals surface area contributed by atoms with Gasteiger partial charge in [0.25, 0.3) is 0 Å². The van der Waals surface area contributed by atoms with Crippen molar-refractivity contribution in [1.82, 2.24) is 15.0 Å². The highest BCUT2D eigenvalue weighted by Gasteiger charge is 2.05. The van der Waals surface area contributed by atoms with Crippen LogP contribution in [0.1, 0.15) is 5.69 Å². The number of benzene rings is 1. The van der Waals surface area contributed by atoms with E-state index in [9.17, 15) is 0 Å². The molecule has 0 saturated carbocycles. The molecule has 0 spiro atoms. The van der Waals surface area contributed by atoms with Crippen LogP contribution in [0.15, 0.2) is 48.9 Å². The average molecular weight is 281 g/mol. The largest absolute Gasteiger partial charge is 0.388 e. The van der Waals surface area contributed by atoms with Gasteiger partial charge in [-0.25, -0.2) is 9.97 Å². The summed E-state index contributed by atoms with van der Waals surface area (Å²) in [6.07, 6.45) is 5.18. The summed E-state index contributed by atoms with van der Waals surface area (Å²) >= 11 is 4.91. The van der Waals surface area contributed by atoms with Gasteiger partial charge in [-0.1, -0.05) is 24.4 Å². The fourth-order valence-electron chi connectivity index (χ4n) is 1.90. The van der Waals surface area contributed by atoms with E-state index in [0.717, 1.165) is 16.5 Å². The van der Waals surface area contributed by atoms with Crippen molar-refractivity contribution in [2.75, 3.05) is 5.32 Å². The molecule has 6 heteroatoms. The van der Waals surface area contributed by atoms with E-state index in [0.29, 0.717) is 11.6 Å². The molecule has 0 unspecified atom stereocenters. The molecule has 1 aromatic carbocycles. The summed E-state index contributed by atoms with van der Waals surface area (Å²) in [6, 6.07) is 9.56. The Hall–Kier alpha value is -2.60. The Morgan fingerprint density at radius 3 is 2.90 bits per heavy atom. The van der Waals surface area contributed by atoms with Crippen LogP contribution in [0.4, 0.5) is 11.6 Å². The van der Waals surface area contributed by atoms with Gasteiger partial charge in [0.05, 0.1) is 5.69 Å².